The number of carbonyl (C=O) groups excluding carboxylic acids is 1. The molecule has 122 valence electrons. The van der Waals surface area contributed by atoms with Gasteiger partial charge in [0.1, 0.15) is 5.82 Å². The molecule has 1 amide bonds. The number of piperazine rings is 1. The zero-order valence-electron chi connectivity index (χ0n) is 13.0. The highest BCUT2D eigenvalue weighted by atomic mass is 35.5. The van der Waals surface area contributed by atoms with Crippen molar-refractivity contribution in [1.82, 2.24) is 19.5 Å². The molecule has 6 nitrogen and oxygen atoms in total. The van der Waals surface area contributed by atoms with Gasteiger partial charge in [0.25, 0.3) is 5.91 Å². The van der Waals surface area contributed by atoms with Crippen LogP contribution in [-0.4, -0.2) is 51.6 Å². The normalized spacial score (nSPS) is 15.0. The highest BCUT2D eigenvalue weighted by Gasteiger charge is 2.24. The summed E-state index contributed by atoms with van der Waals surface area (Å²) in [4.78, 5) is 20.8. The molecule has 7 heteroatoms. The van der Waals surface area contributed by atoms with Crippen molar-refractivity contribution < 1.29 is 4.79 Å². The first-order chi connectivity index (χ1) is 11.7. The number of amides is 1. The number of aromatic nitrogens is 3. The first-order valence-corrected chi connectivity index (χ1v) is 8.19. The zero-order valence-corrected chi connectivity index (χ0v) is 13.7. The molecule has 1 aromatic carbocycles. The fraction of sp³-hybridized carbons (Fsp3) is 0.235. The largest absolute Gasteiger partial charge is 0.352 e. The van der Waals surface area contributed by atoms with Crippen LogP contribution >= 0.6 is 11.6 Å². The van der Waals surface area contributed by atoms with E-state index in [2.05, 4.69) is 15.0 Å². The molecule has 0 atom stereocenters. The Kier molecular flexibility index (Phi) is 3.82. The fourth-order valence-corrected chi connectivity index (χ4v) is 3.13. The van der Waals surface area contributed by atoms with E-state index in [1.807, 2.05) is 35.4 Å². The molecular weight excluding hydrogens is 326 g/mol. The molecule has 0 aliphatic carbocycles. The van der Waals surface area contributed by atoms with E-state index in [-0.39, 0.29) is 5.91 Å². The number of hydrogen-bond acceptors (Lipinski definition) is 4. The quantitative estimate of drug-likeness (QED) is 0.718. The number of halogens is 1. The minimum atomic E-state index is -0.0155. The molecule has 4 rings (SSSR count). The van der Waals surface area contributed by atoms with Gasteiger partial charge in [0.15, 0.2) is 5.65 Å². The molecule has 1 fully saturated rings. The van der Waals surface area contributed by atoms with Crippen LogP contribution in [0.15, 0.2) is 48.8 Å². The van der Waals surface area contributed by atoms with Gasteiger partial charge >= 0.3 is 0 Å². The number of benzene rings is 1. The molecule has 0 bridgehead atoms. The van der Waals surface area contributed by atoms with E-state index in [0.29, 0.717) is 23.7 Å². The Morgan fingerprint density at radius 2 is 1.83 bits per heavy atom. The molecule has 2 aromatic heterocycles. The second-order valence-corrected chi connectivity index (χ2v) is 6.09. The minimum Gasteiger partial charge on any atom is -0.352 e. The molecule has 1 aliphatic heterocycles. The van der Waals surface area contributed by atoms with Gasteiger partial charge in [-0.25, -0.2) is 9.50 Å². The second-order valence-electron chi connectivity index (χ2n) is 5.68. The molecular formula is C17H16ClN5O. The van der Waals surface area contributed by atoms with Crippen molar-refractivity contribution in [2.24, 2.45) is 0 Å². The summed E-state index contributed by atoms with van der Waals surface area (Å²) in [6, 6.07) is 11.1. The third-order valence-electron chi connectivity index (χ3n) is 4.24. The Bertz CT molecular complexity index is 885. The number of imidazole rings is 1. The molecule has 0 unspecified atom stereocenters. The molecule has 24 heavy (non-hydrogen) atoms. The highest BCUT2D eigenvalue weighted by molar-refractivity contribution is 6.33. The Balaban J connectivity index is 1.46. The van der Waals surface area contributed by atoms with Gasteiger partial charge in [0.05, 0.1) is 10.6 Å². The molecule has 3 heterocycles. The van der Waals surface area contributed by atoms with Crippen molar-refractivity contribution in [2.45, 2.75) is 0 Å². The highest BCUT2D eigenvalue weighted by Crippen LogP contribution is 2.19. The number of hydrogen-bond donors (Lipinski definition) is 0. The Hall–Kier alpha value is -2.60. The van der Waals surface area contributed by atoms with Gasteiger partial charge in [-0.3, -0.25) is 4.79 Å². The number of nitrogens with zero attached hydrogens (tertiary/aromatic N) is 5. The Labute approximate surface area is 144 Å². The predicted molar refractivity (Wildman–Crippen MR) is 92.6 cm³/mol. The van der Waals surface area contributed by atoms with Crippen LogP contribution in [0, 0.1) is 0 Å². The average Bonchev–Trinajstić information content (AvgIpc) is 3.09. The lowest BCUT2D eigenvalue weighted by atomic mass is 10.2. The summed E-state index contributed by atoms with van der Waals surface area (Å²) >= 11 is 6.13. The van der Waals surface area contributed by atoms with Gasteiger partial charge in [0, 0.05) is 38.6 Å². The first kappa shape index (κ1) is 15.0. The first-order valence-electron chi connectivity index (χ1n) is 7.81. The van der Waals surface area contributed by atoms with Crippen molar-refractivity contribution in [2.75, 3.05) is 31.1 Å². The van der Waals surface area contributed by atoms with E-state index in [0.717, 1.165) is 24.6 Å². The van der Waals surface area contributed by atoms with Crippen molar-refractivity contribution in [3.05, 3.63) is 59.4 Å². The van der Waals surface area contributed by atoms with Gasteiger partial charge in [-0.2, -0.15) is 0 Å². The zero-order chi connectivity index (χ0) is 16.5. The summed E-state index contributed by atoms with van der Waals surface area (Å²) in [5.74, 6) is 0.878. The Morgan fingerprint density at radius 1 is 1.04 bits per heavy atom. The topological polar surface area (TPSA) is 53.7 Å². The maximum absolute atomic E-state index is 12.6. The average molecular weight is 342 g/mol. The fourth-order valence-electron chi connectivity index (χ4n) is 2.92. The lowest BCUT2D eigenvalue weighted by molar-refractivity contribution is 0.0746. The predicted octanol–water partition coefficient (Wildman–Crippen LogP) is 2.35. The summed E-state index contributed by atoms with van der Waals surface area (Å²) in [5.41, 5.74) is 1.39. The lowest BCUT2D eigenvalue weighted by Crippen LogP contribution is -2.49. The minimum absolute atomic E-state index is 0.0155. The molecule has 1 saturated heterocycles. The van der Waals surface area contributed by atoms with Gasteiger partial charge in [-0.05, 0) is 24.3 Å². The van der Waals surface area contributed by atoms with E-state index in [1.54, 1.807) is 22.8 Å². The monoisotopic (exact) mass is 341 g/mol. The van der Waals surface area contributed by atoms with Crippen molar-refractivity contribution in [3.63, 3.8) is 0 Å². The van der Waals surface area contributed by atoms with Crippen molar-refractivity contribution in [1.29, 1.82) is 0 Å². The second kappa shape index (κ2) is 6.13. The molecule has 0 radical (unpaired) electrons. The summed E-state index contributed by atoms with van der Waals surface area (Å²) in [6.07, 6.45) is 3.56. The van der Waals surface area contributed by atoms with Crippen LogP contribution < -0.4 is 4.90 Å². The standard InChI is InChI=1S/C17H16ClN5O/c18-14-4-2-1-3-13(14)17(24)22-11-9-21(10-12-22)16-6-5-15-19-7-8-23(15)20-16/h1-8H,9-12H2. The van der Waals surface area contributed by atoms with Crippen molar-refractivity contribution >= 4 is 29.0 Å². The lowest BCUT2D eigenvalue weighted by Gasteiger charge is -2.35. The van der Waals surface area contributed by atoms with Crippen LogP contribution in [0.2, 0.25) is 5.02 Å². The maximum Gasteiger partial charge on any atom is 0.255 e. The number of fused-ring (bicyclic) bond motifs is 1. The number of rotatable bonds is 2. The van der Waals surface area contributed by atoms with Gasteiger partial charge < -0.3 is 9.80 Å². The molecule has 0 N–H and O–H groups in total. The summed E-state index contributed by atoms with van der Waals surface area (Å²) in [7, 11) is 0. The molecule has 1 aliphatic rings. The van der Waals surface area contributed by atoms with E-state index >= 15 is 0 Å². The van der Waals surface area contributed by atoms with Gasteiger partial charge in [-0.15, -0.1) is 5.10 Å². The van der Waals surface area contributed by atoms with Crippen molar-refractivity contribution in [3.8, 4) is 0 Å². The van der Waals surface area contributed by atoms with E-state index in [9.17, 15) is 4.79 Å². The van der Waals surface area contributed by atoms with Crippen LogP contribution in [-0.2, 0) is 0 Å². The van der Waals surface area contributed by atoms with Crippen LogP contribution in [0.4, 0.5) is 5.82 Å². The van der Waals surface area contributed by atoms with Crippen LogP contribution in [0.1, 0.15) is 10.4 Å². The van der Waals surface area contributed by atoms with Crippen LogP contribution in [0.5, 0.6) is 0 Å². The van der Waals surface area contributed by atoms with Crippen LogP contribution in [0.25, 0.3) is 5.65 Å². The summed E-state index contributed by atoms with van der Waals surface area (Å²) in [5, 5.41) is 5.05. The third-order valence-corrected chi connectivity index (χ3v) is 4.57. The summed E-state index contributed by atoms with van der Waals surface area (Å²) < 4.78 is 1.76. The summed E-state index contributed by atoms with van der Waals surface area (Å²) in [6.45, 7) is 2.77. The van der Waals surface area contributed by atoms with E-state index < -0.39 is 0 Å². The smallest absolute Gasteiger partial charge is 0.255 e. The van der Waals surface area contributed by atoms with E-state index in [1.165, 1.54) is 0 Å². The Morgan fingerprint density at radius 3 is 2.62 bits per heavy atom. The van der Waals surface area contributed by atoms with Gasteiger partial charge in [0.2, 0.25) is 0 Å². The number of anilines is 1. The molecule has 0 saturated carbocycles. The van der Waals surface area contributed by atoms with E-state index in [4.69, 9.17) is 11.6 Å². The van der Waals surface area contributed by atoms with Gasteiger partial charge in [-0.1, -0.05) is 23.7 Å². The molecule has 3 aromatic rings. The van der Waals surface area contributed by atoms with Crippen LogP contribution in [0.3, 0.4) is 0 Å². The maximum atomic E-state index is 12.6. The number of carbonyl (C=O) groups is 1. The third kappa shape index (κ3) is 2.69. The SMILES string of the molecule is O=C(c1ccccc1Cl)N1CCN(c2ccc3nccn3n2)CC1. The molecule has 0 spiro atoms.